The van der Waals surface area contributed by atoms with Gasteiger partial charge in [0, 0.05) is 18.1 Å². The summed E-state index contributed by atoms with van der Waals surface area (Å²) >= 11 is 5.33. The molecule has 0 aromatic rings. The number of rotatable bonds is 7. The molecule has 0 aromatic heterocycles. The van der Waals surface area contributed by atoms with Crippen molar-refractivity contribution >= 4 is 23.5 Å². The van der Waals surface area contributed by atoms with Gasteiger partial charge in [-0.25, -0.2) is 9.59 Å². The van der Waals surface area contributed by atoms with Crippen LogP contribution >= 0.6 is 11.6 Å². The fourth-order valence-corrected chi connectivity index (χ4v) is 0.746. The van der Waals surface area contributed by atoms with E-state index in [9.17, 15) is 9.59 Å². The van der Waals surface area contributed by atoms with Gasteiger partial charge in [0.1, 0.15) is 6.61 Å². The average molecular weight is 233 g/mol. The second-order valence-corrected chi connectivity index (χ2v) is 2.93. The minimum absolute atomic E-state index is 0.0830. The zero-order valence-electron chi connectivity index (χ0n) is 8.33. The minimum Gasteiger partial charge on any atom is -0.462 e. The molecule has 4 nitrogen and oxygen atoms in total. The van der Waals surface area contributed by atoms with Gasteiger partial charge in [-0.15, -0.1) is 11.6 Å². The highest BCUT2D eigenvalue weighted by Crippen LogP contribution is 2.01. The topological polar surface area (TPSA) is 52.6 Å². The first-order valence-corrected chi connectivity index (χ1v) is 4.85. The summed E-state index contributed by atoms with van der Waals surface area (Å²) in [6.07, 6.45) is 1.29. The fourth-order valence-electron chi connectivity index (χ4n) is 0.669. The van der Waals surface area contributed by atoms with E-state index in [0.29, 0.717) is 0 Å². The Kier molecular flexibility index (Phi) is 7.36. The maximum Gasteiger partial charge on any atom is 0.333 e. The van der Waals surface area contributed by atoms with Gasteiger partial charge in [0.2, 0.25) is 0 Å². The molecule has 0 aromatic carbocycles. The molecule has 0 fully saturated rings. The third-order valence-corrected chi connectivity index (χ3v) is 1.57. The van der Waals surface area contributed by atoms with Crippen molar-refractivity contribution in [3.05, 3.63) is 24.8 Å². The van der Waals surface area contributed by atoms with Gasteiger partial charge < -0.3 is 9.47 Å². The van der Waals surface area contributed by atoms with Gasteiger partial charge in [0.05, 0.1) is 12.5 Å². The van der Waals surface area contributed by atoms with E-state index in [1.54, 1.807) is 0 Å². The molecule has 0 bridgehead atoms. The van der Waals surface area contributed by atoms with Gasteiger partial charge in [-0.05, 0) is 0 Å². The molecule has 5 heteroatoms. The Morgan fingerprint density at radius 3 is 2.47 bits per heavy atom. The van der Waals surface area contributed by atoms with Gasteiger partial charge in [0.15, 0.2) is 0 Å². The molecule has 0 unspecified atom stereocenters. The number of esters is 2. The van der Waals surface area contributed by atoms with Crippen molar-refractivity contribution in [2.45, 2.75) is 6.42 Å². The summed E-state index contributed by atoms with van der Waals surface area (Å²) in [7, 11) is 0. The van der Waals surface area contributed by atoms with E-state index >= 15 is 0 Å². The molecule has 15 heavy (non-hydrogen) atoms. The number of carbonyl (C=O) groups is 2. The Hall–Kier alpha value is -1.29. The van der Waals surface area contributed by atoms with Crippen LogP contribution in [0.4, 0.5) is 0 Å². The van der Waals surface area contributed by atoms with Crippen molar-refractivity contribution in [1.82, 2.24) is 0 Å². The molecule has 84 valence electrons. The number of alkyl halides is 1. The molecule has 0 radical (unpaired) electrons. The second-order valence-electron chi connectivity index (χ2n) is 2.55. The van der Waals surface area contributed by atoms with Gasteiger partial charge in [-0.3, -0.25) is 0 Å². The Labute approximate surface area is 93.5 Å². The summed E-state index contributed by atoms with van der Waals surface area (Å²) in [5, 5.41) is 0. The molecule has 0 aliphatic carbocycles. The normalized spacial score (nSPS) is 9.13. The van der Waals surface area contributed by atoms with E-state index in [4.69, 9.17) is 16.3 Å². The number of hydrogen-bond acceptors (Lipinski definition) is 4. The van der Waals surface area contributed by atoms with Crippen LogP contribution < -0.4 is 0 Å². The number of carbonyl (C=O) groups excluding carboxylic acids is 2. The summed E-state index contributed by atoms with van der Waals surface area (Å²) in [4.78, 5) is 21.7. The molecule has 0 saturated carbocycles. The van der Waals surface area contributed by atoms with E-state index in [2.05, 4.69) is 17.9 Å². The van der Waals surface area contributed by atoms with Crippen molar-refractivity contribution in [3.8, 4) is 0 Å². The molecule has 0 aliphatic rings. The standard InChI is InChI=1S/C10H13ClO4/c1-3-9(12)14-6-4-8(2)10(13)15-7-5-11/h3H,1-2,4-7H2. The van der Waals surface area contributed by atoms with Crippen molar-refractivity contribution in [3.63, 3.8) is 0 Å². The Morgan fingerprint density at radius 2 is 1.93 bits per heavy atom. The molecule has 0 aliphatic heterocycles. The van der Waals surface area contributed by atoms with Crippen LogP contribution in [-0.4, -0.2) is 31.0 Å². The lowest BCUT2D eigenvalue weighted by Gasteiger charge is -2.05. The average Bonchev–Trinajstić information content (AvgIpc) is 2.25. The van der Waals surface area contributed by atoms with Gasteiger partial charge >= 0.3 is 11.9 Å². The van der Waals surface area contributed by atoms with Crippen molar-refractivity contribution in [2.24, 2.45) is 0 Å². The molecular formula is C10H13ClO4. The zero-order chi connectivity index (χ0) is 11.7. The van der Waals surface area contributed by atoms with E-state index in [-0.39, 0.29) is 31.1 Å². The SMILES string of the molecule is C=CC(=O)OCCC(=C)C(=O)OCCCl. The maximum atomic E-state index is 11.1. The summed E-state index contributed by atoms with van der Waals surface area (Å²) in [5.41, 5.74) is 0.247. The molecule has 0 atom stereocenters. The monoisotopic (exact) mass is 232 g/mol. The first-order chi connectivity index (χ1) is 7.11. The Bertz CT molecular complexity index is 260. The van der Waals surface area contributed by atoms with Crippen LogP contribution in [0.5, 0.6) is 0 Å². The largest absolute Gasteiger partial charge is 0.462 e. The molecule has 0 heterocycles. The predicted molar refractivity (Wildman–Crippen MR) is 56.6 cm³/mol. The van der Waals surface area contributed by atoms with E-state index in [1.807, 2.05) is 0 Å². The predicted octanol–water partition coefficient (Wildman–Crippen LogP) is 1.44. The number of hydrogen-bond donors (Lipinski definition) is 0. The molecule has 0 rings (SSSR count). The van der Waals surface area contributed by atoms with E-state index in [0.717, 1.165) is 6.08 Å². The van der Waals surface area contributed by atoms with Crippen molar-refractivity contribution in [1.29, 1.82) is 0 Å². The molecule has 0 saturated heterocycles. The van der Waals surface area contributed by atoms with Gasteiger partial charge in [-0.1, -0.05) is 13.2 Å². The van der Waals surface area contributed by atoms with Crippen LogP contribution in [0.15, 0.2) is 24.8 Å². The highest BCUT2D eigenvalue weighted by Gasteiger charge is 2.08. The first kappa shape index (κ1) is 13.7. The fraction of sp³-hybridized carbons (Fsp3) is 0.400. The van der Waals surface area contributed by atoms with Crippen LogP contribution in [0.2, 0.25) is 0 Å². The van der Waals surface area contributed by atoms with Crippen LogP contribution in [0.1, 0.15) is 6.42 Å². The highest BCUT2D eigenvalue weighted by atomic mass is 35.5. The van der Waals surface area contributed by atoms with E-state index < -0.39 is 11.9 Å². The minimum atomic E-state index is -0.531. The molecule has 0 N–H and O–H groups in total. The van der Waals surface area contributed by atoms with Gasteiger partial charge in [0.25, 0.3) is 0 Å². The third-order valence-electron chi connectivity index (χ3n) is 1.41. The van der Waals surface area contributed by atoms with Crippen LogP contribution in [-0.2, 0) is 19.1 Å². The van der Waals surface area contributed by atoms with Crippen LogP contribution in [0, 0.1) is 0 Å². The Morgan fingerprint density at radius 1 is 1.27 bits per heavy atom. The summed E-state index contributed by atoms with van der Waals surface area (Å²) in [6, 6.07) is 0. The number of ether oxygens (including phenoxy) is 2. The lowest BCUT2D eigenvalue weighted by atomic mass is 10.2. The quantitative estimate of drug-likeness (QED) is 0.379. The third kappa shape index (κ3) is 6.74. The van der Waals surface area contributed by atoms with Gasteiger partial charge in [-0.2, -0.15) is 0 Å². The zero-order valence-corrected chi connectivity index (χ0v) is 9.09. The summed E-state index contributed by atoms with van der Waals surface area (Å²) in [5.74, 6) is -0.813. The smallest absolute Gasteiger partial charge is 0.333 e. The lowest BCUT2D eigenvalue weighted by molar-refractivity contribution is -0.141. The van der Waals surface area contributed by atoms with E-state index in [1.165, 1.54) is 0 Å². The summed E-state index contributed by atoms with van der Waals surface area (Å²) in [6.45, 7) is 6.95. The molecule has 0 amide bonds. The van der Waals surface area contributed by atoms with Crippen molar-refractivity contribution < 1.29 is 19.1 Å². The van der Waals surface area contributed by atoms with Crippen LogP contribution in [0.25, 0.3) is 0 Å². The first-order valence-electron chi connectivity index (χ1n) is 4.32. The van der Waals surface area contributed by atoms with Crippen molar-refractivity contribution in [2.75, 3.05) is 19.1 Å². The molecule has 0 spiro atoms. The maximum absolute atomic E-state index is 11.1. The lowest BCUT2D eigenvalue weighted by Crippen LogP contribution is -2.11. The second kappa shape index (κ2) is 8.05. The summed E-state index contributed by atoms with van der Waals surface area (Å²) < 4.78 is 9.37. The highest BCUT2D eigenvalue weighted by molar-refractivity contribution is 6.18. The van der Waals surface area contributed by atoms with Crippen LogP contribution in [0.3, 0.4) is 0 Å². The molecular weight excluding hydrogens is 220 g/mol. The Balaban J connectivity index is 3.69. The number of halogens is 1.